The number of aryl methyl sites for hydroxylation is 1. The molecule has 0 unspecified atom stereocenters. The molecule has 2 aromatic heterocycles. The lowest BCUT2D eigenvalue weighted by Crippen LogP contribution is -2.30. The summed E-state index contributed by atoms with van der Waals surface area (Å²) in [4.78, 5) is 30.4. The van der Waals surface area contributed by atoms with Crippen molar-refractivity contribution in [3.8, 4) is 5.69 Å². The average molecular weight is 268 g/mol. The van der Waals surface area contributed by atoms with Gasteiger partial charge < -0.3 is 5.73 Å². The van der Waals surface area contributed by atoms with Crippen LogP contribution >= 0.6 is 0 Å². The van der Waals surface area contributed by atoms with Crippen LogP contribution in [0.25, 0.3) is 16.7 Å². The number of nitrogen functional groups attached to an aromatic ring is 1. The average Bonchev–Trinajstić information content (AvgIpc) is 2.41. The van der Waals surface area contributed by atoms with E-state index in [1.807, 2.05) is 25.1 Å². The van der Waals surface area contributed by atoms with Crippen molar-refractivity contribution in [3.05, 3.63) is 62.9 Å². The van der Waals surface area contributed by atoms with E-state index in [2.05, 4.69) is 9.97 Å². The number of fused-ring (bicyclic) bond motifs is 1. The first-order valence-corrected chi connectivity index (χ1v) is 6.04. The first kappa shape index (κ1) is 12.2. The highest BCUT2D eigenvalue weighted by Crippen LogP contribution is 2.16. The Morgan fingerprint density at radius 1 is 1.25 bits per heavy atom. The Kier molecular flexibility index (Phi) is 2.64. The molecule has 0 spiro atoms. The number of nitrogens with two attached hydrogens (primary N) is 1. The van der Waals surface area contributed by atoms with Gasteiger partial charge in [0, 0.05) is 0 Å². The molecule has 3 N–H and O–H groups in total. The number of anilines is 1. The summed E-state index contributed by atoms with van der Waals surface area (Å²) in [6, 6.07) is 8.89. The summed E-state index contributed by atoms with van der Waals surface area (Å²) in [5.41, 5.74) is 6.88. The molecule has 3 rings (SSSR count). The van der Waals surface area contributed by atoms with E-state index in [1.165, 1.54) is 16.8 Å². The molecule has 0 aliphatic carbocycles. The summed E-state index contributed by atoms with van der Waals surface area (Å²) in [7, 11) is 0. The first-order chi connectivity index (χ1) is 9.58. The maximum Gasteiger partial charge on any atom is 0.334 e. The summed E-state index contributed by atoms with van der Waals surface area (Å²) in [5, 5.41) is 0.285. The lowest BCUT2D eigenvalue weighted by atomic mass is 10.2. The van der Waals surface area contributed by atoms with E-state index in [4.69, 9.17) is 5.73 Å². The fourth-order valence-corrected chi connectivity index (χ4v) is 2.17. The van der Waals surface area contributed by atoms with Gasteiger partial charge in [0.05, 0.1) is 23.0 Å². The largest absolute Gasteiger partial charge is 0.397 e. The number of rotatable bonds is 1. The molecule has 0 radical (unpaired) electrons. The number of hydrogen-bond donors (Lipinski definition) is 2. The van der Waals surface area contributed by atoms with E-state index in [0.29, 0.717) is 17.0 Å². The van der Waals surface area contributed by atoms with Crippen LogP contribution in [0.2, 0.25) is 0 Å². The summed E-state index contributed by atoms with van der Waals surface area (Å²) < 4.78 is 1.38. The van der Waals surface area contributed by atoms with Crippen LogP contribution in [0, 0.1) is 6.92 Å². The standard InChI is InChI=1S/C14H12N4O2/c1-8-4-2-3-5-11(8)18-12-10(6-9(15)7-16-12)13(19)17-14(18)20/h2-7H,15H2,1H3,(H,17,19,20). The highest BCUT2D eigenvalue weighted by atomic mass is 16.2. The van der Waals surface area contributed by atoms with Gasteiger partial charge in [0.2, 0.25) is 0 Å². The number of nitrogens with zero attached hydrogens (tertiary/aromatic N) is 2. The van der Waals surface area contributed by atoms with Crippen LogP contribution in [-0.4, -0.2) is 14.5 Å². The summed E-state index contributed by atoms with van der Waals surface area (Å²) in [6.45, 7) is 1.88. The summed E-state index contributed by atoms with van der Waals surface area (Å²) in [5.74, 6) is 0. The molecule has 2 heterocycles. The molecule has 100 valence electrons. The van der Waals surface area contributed by atoms with Crippen LogP contribution < -0.4 is 17.0 Å². The zero-order valence-corrected chi connectivity index (χ0v) is 10.8. The van der Waals surface area contributed by atoms with Crippen molar-refractivity contribution in [2.24, 2.45) is 0 Å². The molecule has 1 aromatic carbocycles. The van der Waals surface area contributed by atoms with Crippen LogP contribution in [0.4, 0.5) is 5.69 Å². The van der Waals surface area contributed by atoms with E-state index in [9.17, 15) is 9.59 Å². The van der Waals surface area contributed by atoms with Gasteiger partial charge in [0.15, 0.2) is 5.65 Å². The molecule has 0 aliphatic rings. The Morgan fingerprint density at radius 2 is 2.00 bits per heavy atom. The van der Waals surface area contributed by atoms with E-state index >= 15 is 0 Å². The van der Waals surface area contributed by atoms with Crippen LogP contribution in [0.5, 0.6) is 0 Å². The number of para-hydroxylation sites is 1. The Labute approximate surface area is 113 Å². The maximum absolute atomic E-state index is 12.1. The quantitative estimate of drug-likeness (QED) is 0.687. The fourth-order valence-electron chi connectivity index (χ4n) is 2.17. The normalized spacial score (nSPS) is 10.8. The summed E-state index contributed by atoms with van der Waals surface area (Å²) >= 11 is 0. The minimum absolute atomic E-state index is 0.285. The predicted molar refractivity (Wildman–Crippen MR) is 77.1 cm³/mol. The van der Waals surface area contributed by atoms with Crippen LogP contribution in [0.1, 0.15) is 5.56 Å². The highest BCUT2D eigenvalue weighted by molar-refractivity contribution is 5.78. The number of nitrogens with one attached hydrogen (secondary N) is 1. The van der Waals surface area contributed by atoms with Crippen molar-refractivity contribution in [2.75, 3.05) is 5.73 Å². The van der Waals surface area contributed by atoms with Gasteiger partial charge in [-0.25, -0.2) is 14.3 Å². The second-order valence-corrected chi connectivity index (χ2v) is 4.52. The van der Waals surface area contributed by atoms with E-state index in [-0.39, 0.29) is 5.39 Å². The SMILES string of the molecule is Cc1ccccc1-n1c(=O)[nH]c(=O)c2cc(N)cnc21. The van der Waals surface area contributed by atoms with Gasteiger partial charge in [-0.3, -0.25) is 9.78 Å². The van der Waals surface area contributed by atoms with E-state index in [1.54, 1.807) is 6.07 Å². The fraction of sp³-hybridized carbons (Fsp3) is 0.0714. The van der Waals surface area contributed by atoms with E-state index < -0.39 is 11.2 Å². The maximum atomic E-state index is 12.1. The van der Waals surface area contributed by atoms with E-state index in [0.717, 1.165) is 5.56 Å². The molecular weight excluding hydrogens is 256 g/mol. The van der Waals surface area contributed by atoms with Crippen molar-refractivity contribution in [1.29, 1.82) is 0 Å². The van der Waals surface area contributed by atoms with Crippen LogP contribution in [0.3, 0.4) is 0 Å². The van der Waals surface area contributed by atoms with Crippen LogP contribution in [-0.2, 0) is 0 Å². The number of aromatic amines is 1. The minimum Gasteiger partial charge on any atom is -0.397 e. The Morgan fingerprint density at radius 3 is 2.75 bits per heavy atom. The van der Waals surface area contributed by atoms with Crippen molar-refractivity contribution >= 4 is 16.7 Å². The smallest absolute Gasteiger partial charge is 0.334 e. The van der Waals surface area contributed by atoms with Crippen molar-refractivity contribution in [3.63, 3.8) is 0 Å². The first-order valence-electron chi connectivity index (χ1n) is 6.04. The third kappa shape index (κ3) is 1.78. The molecule has 3 aromatic rings. The van der Waals surface area contributed by atoms with Gasteiger partial charge in [-0.05, 0) is 24.6 Å². The van der Waals surface area contributed by atoms with Crippen molar-refractivity contribution in [1.82, 2.24) is 14.5 Å². The van der Waals surface area contributed by atoms with Gasteiger partial charge in [-0.15, -0.1) is 0 Å². The summed E-state index contributed by atoms with van der Waals surface area (Å²) in [6.07, 6.45) is 1.43. The van der Waals surface area contributed by atoms with Gasteiger partial charge in [-0.1, -0.05) is 18.2 Å². The number of benzene rings is 1. The third-order valence-corrected chi connectivity index (χ3v) is 3.12. The molecule has 0 saturated heterocycles. The lowest BCUT2D eigenvalue weighted by Gasteiger charge is -2.11. The molecule has 20 heavy (non-hydrogen) atoms. The van der Waals surface area contributed by atoms with Gasteiger partial charge >= 0.3 is 5.69 Å². The van der Waals surface area contributed by atoms with Crippen LogP contribution in [0.15, 0.2) is 46.1 Å². The Hall–Kier alpha value is -2.89. The molecule has 6 nitrogen and oxygen atoms in total. The molecule has 0 saturated carbocycles. The Bertz CT molecular complexity index is 924. The Balaban J connectivity index is 2.51. The number of pyridine rings is 1. The van der Waals surface area contributed by atoms with Gasteiger partial charge in [0.1, 0.15) is 0 Å². The van der Waals surface area contributed by atoms with Gasteiger partial charge in [0.25, 0.3) is 5.56 Å². The molecule has 0 atom stereocenters. The molecule has 0 bridgehead atoms. The zero-order valence-electron chi connectivity index (χ0n) is 10.8. The topological polar surface area (TPSA) is 93.8 Å². The molecule has 0 amide bonds. The number of H-pyrrole nitrogens is 1. The molecule has 0 aliphatic heterocycles. The monoisotopic (exact) mass is 268 g/mol. The molecule has 6 heteroatoms. The second-order valence-electron chi connectivity index (χ2n) is 4.52. The lowest BCUT2D eigenvalue weighted by molar-refractivity contribution is 0.919. The number of aromatic nitrogens is 3. The predicted octanol–water partition coefficient (Wildman–Crippen LogP) is 0.965. The van der Waals surface area contributed by atoms with Crippen molar-refractivity contribution < 1.29 is 0 Å². The second kappa shape index (κ2) is 4.34. The minimum atomic E-state index is -0.519. The third-order valence-electron chi connectivity index (χ3n) is 3.12. The van der Waals surface area contributed by atoms with Gasteiger partial charge in [-0.2, -0.15) is 0 Å². The zero-order chi connectivity index (χ0) is 14.3. The molecule has 0 fully saturated rings. The molecular formula is C14H12N4O2. The number of hydrogen-bond acceptors (Lipinski definition) is 4. The van der Waals surface area contributed by atoms with Crippen molar-refractivity contribution in [2.45, 2.75) is 6.92 Å². The highest BCUT2D eigenvalue weighted by Gasteiger charge is 2.12.